The third-order valence-corrected chi connectivity index (χ3v) is 1.97. The summed E-state index contributed by atoms with van der Waals surface area (Å²) in [6, 6.07) is 1.92. The van der Waals surface area contributed by atoms with E-state index in [-0.39, 0.29) is 36.5 Å². The average Bonchev–Trinajstić information content (AvgIpc) is 2.20. The smallest absolute Gasteiger partial charge is 0.305 e. The van der Waals surface area contributed by atoms with Gasteiger partial charge in [0.2, 0.25) is 0 Å². The highest BCUT2D eigenvalue weighted by Gasteiger charge is 2.10. The number of methoxy groups -OCH3 is 1. The van der Waals surface area contributed by atoms with Crippen LogP contribution in [0.15, 0.2) is 12.1 Å². The maximum atomic E-state index is 13.3. The molecule has 2 N–H and O–H groups in total. The van der Waals surface area contributed by atoms with Crippen molar-refractivity contribution in [3.8, 4) is 0 Å². The Hall–Kier alpha value is -1.36. The van der Waals surface area contributed by atoms with E-state index in [1.807, 2.05) is 0 Å². The molecule has 0 unspecified atom stereocenters. The summed E-state index contributed by atoms with van der Waals surface area (Å²) in [6.07, 6.45) is 0.0662. The molecule has 0 bridgehead atoms. The van der Waals surface area contributed by atoms with Crippen molar-refractivity contribution in [3.05, 3.63) is 29.3 Å². The maximum absolute atomic E-state index is 13.3. The number of aryl methyl sites for hydroxylation is 1. The van der Waals surface area contributed by atoms with E-state index in [0.717, 1.165) is 12.1 Å². The molecule has 1 rings (SSSR count). The second-order valence-corrected chi connectivity index (χ2v) is 3.04. The molecule has 0 saturated carbocycles. The molecular formula is C10H12ClF2NO2. The topological polar surface area (TPSA) is 52.3 Å². The first-order valence-electron chi connectivity index (χ1n) is 4.34. The number of nitrogen functional groups attached to an aromatic ring is 1. The van der Waals surface area contributed by atoms with Gasteiger partial charge in [-0.1, -0.05) is 0 Å². The normalized spacial score (nSPS) is 9.44. The van der Waals surface area contributed by atoms with Crippen molar-refractivity contribution in [2.24, 2.45) is 0 Å². The van der Waals surface area contributed by atoms with Crippen LogP contribution in [-0.4, -0.2) is 13.1 Å². The van der Waals surface area contributed by atoms with Gasteiger partial charge in [0.25, 0.3) is 0 Å². The quantitative estimate of drug-likeness (QED) is 0.661. The monoisotopic (exact) mass is 251 g/mol. The van der Waals surface area contributed by atoms with E-state index >= 15 is 0 Å². The van der Waals surface area contributed by atoms with Crippen LogP contribution in [0, 0.1) is 11.6 Å². The van der Waals surface area contributed by atoms with Gasteiger partial charge in [0, 0.05) is 6.42 Å². The molecule has 1 aromatic rings. The Labute approximate surface area is 98.0 Å². The van der Waals surface area contributed by atoms with Gasteiger partial charge in [-0.15, -0.1) is 12.4 Å². The predicted octanol–water partition coefficient (Wildman–Crippen LogP) is 2.07. The van der Waals surface area contributed by atoms with Crippen molar-refractivity contribution < 1.29 is 18.3 Å². The fraction of sp³-hybridized carbons (Fsp3) is 0.300. The third kappa shape index (κ3) is 3.66. The van der Waals surface area contributed by atoms with Crippen molar-refractivity contribution in [2.75, 3.05) is 12.8 Å². The summed E-state index contributed by atoms with van der Waals surface area (Å²) in [4.78, 5) is 10.8. The summed E-state index contributed by atoms with van der Waals surface area (Å²) >= 11 is 0. The molecule has 0 radical (unpaired) electrons. The first kappa shape index (κ1) is 14.6. The fourth-order valence-corrected chi connectivity index (χ4v) is 1.19. The standard InChI is InChI=1S/C10H11F2NO2.ClH/c1-15-9(14)3-2-6-4-7(11)5-8(13)10(6)12;/h4-5H,2-3,13H2,1H3;1H. The molecule has 0 aromatic heterocycles. The third-order valence-electron chi connectivity index (χ3n) is 1.97. The highest BCUT2D eigenvalue weighted by atomic mass is 35.5. The van der Waals surface area contributed by atoms with E-state index in [4.69, 9.17) is 5.73 Å². The number of carbonyl (C=O) groups excluding carboxylic acids is 1. The molecule has 1 aromatic carbocycles. The lowest BCUT2D eigenvalue weighted by Crippen LogP contribution is -2.05. The van der Waals surface area contributed by atoms with E-state index in [9.17, 15) is 13.6 Å². The van der Waals surface area contributed by atoms with Crippen LogP contribution in [0.2, 0.25) is 0 Å². The molecule has 90 valence electrons. The van der Waals surface area contributed by atoms with Crippen LogP contribution in [0.1, 0.15) is 12.0 Å². The summed E-state index contributed by atoms with van der Waals surface area (Å²) in [6.45, 7) is 0. The van der Waals surface area contributed by atoms with Gasteiger partial charge in [-0.3, -0.25) is 4.79 Å². The van der Waals surface area contributed by atoms with Gasteiger partial charge in [-0.2, -0.15) is 0 Å². The zero-order valence-corrected chi connectivity index (χ0v) is 9.44. The molecule has 0 amide bonds. The molecular weight excluding hydrogens is 240 g/mol. The summed E-state index contributed by atoms with van der Waals surface area (Å²) < 4.78 is 30.5. The SMILES string of the molecule is COC(=O)CCc1cc(F)cc(N)c1F.Cl. The van der Waals surface area contributed by atoms with Gasteiger partial charge in [0.05, 0.1) is 12.8 Å². The van der Waals surface area contributed by atoms with Gasteiger partial charge in [0.1, 0.15) is 11.6 Å². The minimum Gasteiger partial charge on any atom is -0.469 e. The van der Waals surface area contributed by atoms with Gasteiger partial charge in [0.15, 0.2) is 0 Å². The number of rotatable bonds is 3. The van der Waals surface area contributed by atoms with Gasteiger partial charge in [-0.05, 0) is 24.1 Å². The van der Waals surface area contributed by atoms with E-state index in [1.54, 1.807) is 0 Å². The summed E-state index contributed by atoms with van der Waals surface area (Å²) in [5.41, 5.74) is 5.06. The Morgan fingerprint density at radius 3 is 2.62 bits per heavy atom. The highest BCUT2D eigenvalue weighted by molar-refractivity contribution is 5.85. The first-order valence-corrected chi connectivity index (χ1v) is 4.34. The molecule has 0 aliphatic heterocycles. The number of halogens is 3. The number of benzene rings is 1. The van der Waals surface area contributed by atoms with Crippen LogP contribution in [0.25, 0.3) is 0 Å². The van der Waals surface area contributed by atoms with Gasteiger partial charge in [-0.25, -0.2) is 8.78 Å². The van der Waals surface area contributed by atoms with Crippen LogP contribution in [-0.2, 0) is 16.0 Å². The van der Waals surface area contributed by atoms with E-state index in [0.29, 0.717) is 0 Å². The molecule has 0 fully saturated rings. The molecule has 6 heteroatoms. The molecule has 3 nitrogen and oxygen atoms in total. The molecule has 0 aliphatic carbocycles. The van der Waals surface area contributed by atoms with Crippen molar-refractivity contribution >= 4 is 24.1 Å². The number of nitrogens with two attached hydrogens (primary N) is 1. The zero-order chi connectivity index (χ0) is 11.4. The molecule has 0 saturated heterocycles. The number of ether oxygens (including phenoxy) is 1. The molecule has 0 atom stereocenters. The average molecular weight is 252 g/mol. The Morgan fingerprint density at radius 2 is 2.06 bits per heavy atom. The van der Waals surface area contributed by atoms with Gasteiger partial charge < -0.3 is 10.5 Å². The van der Waals surface area contributed by atoms with Crippen molar-refractivity contribution in [3.63, 3.8) is 0 Å². The summed E-state index contributed by atoms with van der Waals surface area (Å²) in [5, 5.41) is 0. The largest absolute Gasteiger partial charge is 0.469 e. The van der Waals surface area contributed by atoms with E-state index in [2.05, 4.69) is 4.74 Å². The predicted molar refractivity (Wildman–Crippen MR) is 58.4 cm³/mol. The number of esters is 1. The highest BCUT2D eigenvalue weighted by Crippen LogP contribution is 2.18. The second kappa shape index (κ2) is 6.27. The van der Waals surface area contributed by atoms with E-state index < -0.39 is 17.6 Å². The lowest BCUT2D eigenvalue weighted by molar-refractivity contribution is -0.140. The Balaban J connectivity index is 0.00000225. The zero-order valence-electron chi connectivity index (χ0n) is 8.63. The molecule has 0 heterocycles. The van der Waals surface area contributed by atoms with Gasteiger partial charge >= 0.3 is 5.97 Å². The number of anilines is 1. The Bertz CT molecular complexity index is 385. The summed E-state index contributed by atoms with van der Waals surface area (Å²) in [5.74, 6) is -1.77. The minimum absolute atomic E-state index is 0. The van der Waals surface area contributed by atoms with Crippen molar-refractivity contribution in [1.82, 2.24) is 0 Å². The summed E-state index contributed by atoms with van der Waals surface area (Å²) in [7, 11) is 1.23. The second-order valence-electron chi connectivity index (χ2n) is 3.04. The lowest BCUT2D eigenvalue weighted by Gasteiger charge is -2.05. The molecule has 16 heavy (non-hydrogen) atoms. The van der Waals surface area contributed by atoms with E-state index in [1.165, 1.54) is 7.11 Å². The van der Waals surface area contributed by atoms with Crippen molar-refractivity contribution in [1.29, 1.82) is 0 Å². The first-order chi connectivity index (χ1) is 7.04. The Kier molecular flexibility index (Phi) is 5.74. The van der Waals surface area contributed by atoms with Crippen LogP contribution in [0.3, 0.4) is 0 Å². The van der Waals surface area contributed by atoms with Crippen molar-refractivity contribution in [2.45, 2.75) is 12.8 Å². The van der Waals surface area contributed by atoms with Crippen LogP contribution >= 0.6 is 12.4 Å². The van der Waals surface area contributed by atoms with Crippen LogP contribution in [0.4, 0.5) is 14.5 Å². The number of hydrogen-bond acceptors (Lipinski definition) is 3. The van der Waals surface area contributed by atoms with Crippen LogP contribution in [0.5, 0.6) is 0 Å². The maximum Gasteiger partial charge on any atom is 0.305 e. The number of hydrogen-bond donors (Lipinski definition) is 1. The van der Waals surface area contributed by atoms with Crippen LogP contribution < -0.4 is 5.73 Å². The minimum atomic E-state index is -0.680. The molecule has 0 spiro atoms. The number of carbonyl (C=O) groups is 1. The molecule has 0 aliphatic rings. The fourth-order valence-electron chi connectivity index (χ4n) is 1.19. The Morgan fingerprint density at radius 1 is 1.44 bits per heavy atom. The lowest BCUT2D eigenvalue weighted by atomic mass is 10.1.